The van der Waals surface area contributed by atoms with Crippen LogP contribution in [-0.2, 0) is 14.3 Å². The van der Waals surface area contributed by atoms with Gasteiger partial charge >= 0.3 is 0 Å². The van der Waals surface area contributed by atoms with Gasteiger partial charge in [-0.1, -0.05) is 6.92 Å². The Morgan fingerprint density at radius 1 is 1.36 bits per heavy atom. The first-order valence-corrected chi connectivity index (χ1v) is 5.40. The molecule has 0 aliphatic carbocycles. The van der Waals surface area contributed by atoms with E-state index in [0.29, 0.717) is 12.5 Å². The fraction of sp³-hybridized carbons (Fsp3) is 0.818. The second kappa shape index (κ2) is 3.81. The molecule has 78 valence electrons. The normalized spacial score (nSPS) is 34.8. The quantitative estimate of drug-likeness (QED) is 0.640. The van der Waals surface area contributed by atoms with E-state index in [2.05, 4.69) is 0 Å². The summed E-state index contributed by atoms with van der Waals surface area (Å²) in [6.07, 6.45) is 3.95. The number of carbonyl (C=O) groups is 2. The highest BCUT2D eigenvalue weighted by Crippen LogP contribution is 2.39. The van der Waals surface area contributed by atoms with Crippen molar-refractivity contribution in [2.45, 2.75) is 51.2 Å². The Kier molecular flexibility index (Phi) is 2.68. The molecule has 2 aliphatic rings. The average molecular weight is 196 g/mol. The molecule has 3 heteroatoms. The molecule has 2 aliphatic heterocycles. The maximum atomic E-state index is 11.7. The van der Waals surface area contributed by atoms with Crippen LogP contribution in [0.15, 0.2) is 0 Å². The number of carbonyl (C=O) groups excluding carboxylic acids is 2. The average Bonchev–Trinajstić information content (AvgIpc) is 2.78. The number of fused-ring (bicyclic) bond motifs is 2. The lowest BCUT2D eigenvalue weighted by Crippen LogP contribution is -2.26. The summed E-state index contributed by atoms with van der Waals surface area (Å²) >= 11 is 0. The van der Waals surface area contributed by atoms with Gasteiger partial charge in [-0.15, -0.1) is 0 Å². The van der Waals surface area contributed by atoms with Crippen molar-refractivity contribution >= 4 is 11.6 Å². The van der Waals surface area contributed by atoms with Gasteiger partial charge in [0.05, 0.1) is 18.6 Å². The lowest BCUT2D eigenvalue weighted by molar-refractivity contribution is -0.130. The van der Waals surface area contributed by atoms with Crippen LogP contribution in [0.5, 0.6) is 0 Å². The van der Waals surface area contributed by atoms with E-state index in [4.69, 9.17) is 4.74 Å². The minimum atomic E-state index is 0.0178. The maximum Gasteiger partial charge on any atom is 0.146 e. The molecular formula is C11H16O3. The summed E-state index contributed by atoms with van der Waals surface area (Å²) in [7, 11) is 0. The van der Waals surface area contributed by atoms with E-state index in [0.717, 1.165) is 19.3 Å². The van der Waals surface area contributed by atoms with E-state index in [1.54, 1.807) is 6.92 Å². The van der Waals surface area contributed by atoms with Crippen molar-refractivity contribution in [3.05, 3.63) is 0 Å². The predicted molar refractivity (Wildman–Crippen MR) is 50.9 cm³/mol. The van der Waals surface area contributed by atoms with Gasteiger partial charge in [0, 0.05) is 12.3 Å². The summed E-state index contributed by atoms with van der Waals surface area (Å²) in [5.74, 6) is 0.172. The molecule has 2 heterocycles. The van der Waals surface area contributed by atoms with Crippen LogP contribution in [0, 0.1) is 5.92 Å². The minimum Gasteiger partial charge on any atom is -0.374 e. The molecule has 2 bridgehead atoms. The molecule has 0 saturated carbocycles. The topological polar surface area (TPSA) is 43.4 Å². The molecule has 0 radical (unpaired) electrons. The molecule has 0 spiro atoms. The molecule has 0 aromatic heterocycles. The molecule has 2 fully saturated rings. The van der Waals surface area contributed by atoms with E-state index in [9.17, 15) is 9.59 Å². The molecule has 0 N–H and O–H groups in total. The van der Waals surface area contributed by atoms with Gasteiger partial charge in [-0.3, -0.25) is 9.59 Å². The Bertz CT molecular complexity index is 259. The molecule has 0 amide bonds. The van der Waals surface area contributed by atoms with Crippen LogP contribution >= 0.6 is 0 Å². The summed E-state index contributed by atoms with van der Waals surface area (Å²) in [5, 5.41) is 0. The highest BCUT2D eigenvalue weighted by atomic mass is 16.5. The number of rotatable bonds is 4. The predicted octanol–water partition coefficient (Wildman–Crippen LogP) is 1.49. The Balaban J connectivity index is 1.90. The summed E-state index contributed by atoms with van der Waals surface area (Å²) in [6.45, 7) is 1.80. The van der Waals surface area contributed by atoms with Crippen LogP contribution in [0.25, 0.3) is 0 Å². The number of Topliss-reactive ketones (excluding diaryl/α,β-unsaturated/α-hetero) is 2. The Morgan fingerprint density at radius 2 is 2.14 bits per heavy atom. The zero-order valence-corrected chi connectivity index (χ0v) is 8.49. The third-order valence-corrected chi connectivity index (χ3v) is 3.29. The zero-order chi connectivity index (χ0) is 10.1. The van der Waals surface area contributed by atoms with Crippen molar-refractivity contribution < 1.29 is 14.3 Å². The highest BCUT2D eigenvalue weighted by molar-refractivity contribution is 6.00. The van der Waals surface area contributed by atoms with Gasteiger partial charge in [0.1, 0.15) is 11.6 Å². The summed E-state index contributed by atoms with van der Waals surface area (Å²) < 4.78 is 5.59. The van der Waals surface area contributed by atoms with Gasteiger partial charge in [-0.05, 0) is 19.3 Å². The fourth-order valence-corrected chi connectivity index (χ4v) is 2.43. The molecule has 14 heavy (non-hydrogen) atoms. The van der Waals surface area contributed by atoms with Gasteiger partial charge in [0.25, 0.3) is 0 Å². The van der Waals surface area contributed by atoms with Gasteiger partial charge in [-0.2, -0.15) is 0 Å². The van der Waals surface area contributed by atoms with E-state index in [-0.39, 0.29) is 30.0 Å². The zero-order valence-electron chi connectivity index (χ0n) is 8.49. The number of ketones is 2. The van der Waals surface area contributed by atoms with Crippen LogP contribution < -0.4 is 0 Å². The largest absolute Gasteiger partial charge is 0.374 e. The first-order valence-electron chi connectivity index (χ1n) is 5.40. The Labute approximate surface area is 83.8 Å². The monoisotopic (exact) mass is 196 g/mol. The molecule has 0 aromatic carbocycles. The molecule has 2 rings (SSSR count). The third kappa shape index (κ3) is 1.73. The third-order valence-electron chi connectivity index (χ3n) is 3.29. The van der Waals surface area contributed by atoms with E-state index in [1.165, 1.54) is 0 Å². The van der Waals surface area contributed by atoms with Crippen molar-refractivity contribution in [2.75, 3.05) is 0 Å². The van der Waals surface area contributed by atoms with Crippen molar-refractivity contribution in [2.24, 2.45) is 5.92 Å². The second-order valence-electron chi connectivity index (χ2n) is 4.25. The highest BCUT2D eigenvalue weighted by Gasteiger charge is 2.44. The van der Waals surface area contributed by atoms with Crippen molar-refractivity contribution in [1.29, 1.82) is 0 Å². The fourth-order valence-electron chi connectivity index (χ4n) is 2.43. The van der Waals surface area contributed by atoms with Crippen LogP contribution in [0.4, 0.5) is 0 Å². The Hall–Kier alpha value is -0.700. The molecule has 2 saturated heterocycles. The van der Waals surface area contributed by atoms with E-state index < -0.39 is 0 Å². The lowest BCUT2D eigenvalue weighted by Gasteiger charge is -2.16. The van der Waals surface area contributed by atoms with Crippen LogP contribution in [0.2, 0.25) is 0 Å². The van der Waals surface area contributed by atoms with Crippen molar-refractivity contribution in [3.63, 3.8) is 0 Å². The van der Waals surface area contributed by atoms with Gasteiger partial charge in [-0.25, -0.2) is 0 Å². The first-order chi connectivity index (χ1) is 6.70. The standard InChI is InChI=1S/C11H16O3/c1-2-7(12)5-10(13)9-6-8-3-4-11(9)14-8/h8-9,11H,2-6H2,1H3. The molecule has 3 atom stereocenters. The summed E-state index contributed by atoms with van der Waals surface area (Å²) in [6, 6.07) is 0. The van der Waals surface area contributed by atoms with Crippen LogP contribution in [0.1, 0.15) is 39.0 Å². The van der Waals surface area contributed by atoms with Crippen molar-refractivity contribution in [1.82, 2.24) is 0 Å². The maximum absolute atomic E-state index is 11.7. The number of ether oxygens (including phenoxy) is 1. The lowest BCUT2D eigenvalue weighted by atomic mass is 9.84. The van der Waals surface area contributed by atoms with Crippen molar-refractivity contribution in [3.8, 4) is 0 Å². The smallest absolute Gasteiger partial charge is 0.146 e. The van der Waals surface area contributed by atoms with Gasteiger partial charge < -0.3 is 4.74 Å². The number of hydrogen-bond acceptors (Lipinski definition) is 3. The Morgan fingerprint density at radius 3 is 2.64 bits per heavy atom. The van der Waals surface area contributed by atoms with E-state index in [1.807, 2.05) is 0 Å². The molecule has 0 aromatic rings. The van der Waals surface area contributed by atoms with Crippen LogP contribution in [-0.4, -0.2) is 23.8 Å². The van der Waals surface area contributed by atoms with E-state index >= 15 is 0 Å². The summed E-state index contributed by atoms with van der Waals surface area (Å²) in [5.41, 5.74) is 0. The minimum absolute atomic E-state index is 0.0178. The molecular weight excluding hydrogens is 180 g/mol. The number of hydrogen-bond donors (Lipinski definition) is 0. The molecule has 3 nitrogen and oxygen atoms in total. The first kappa shape index (κ1) is 9.84. The second-order valence-corrected chi connectivity index (χ2v) is 4.25. The van der Waals surface area contributed by atoms with Gasteiger partial charge in [0.2, 0.25) is 0 Å². The SMILES string of the molecule is CCC(=O)CC(=O)C1CC2CCC1O2. The summed E-state index contributed by atoms with van der Waals surface area (Å²) in [4.78, 5) is 22.8. The van der Waals surface area contributed by atoms with Crippen LogP contribution in [0.3, 0.4) is 0 Å². The molecule has 3 unspecified atom stereocenters. The van der Waals surface area contributed by atoms with Gasteiger partial charge in [0.15, 0.2) is 0 Å².